The predicted molar refractivity (Wildman–Crippen MR) is 91.2 cm³/mol. The Morgan fingerprint density at radius 3 is 2.42 bits per heavy atom. The zero-order valence-electron chi connectivity index (χ0n) is 13.5. The quantitative estimate of drug-likeness (QED) is 0.485. The van der Waals surface area contributed by atoms with E-state index >= 15 is 0 Å². The van der Waals surface area contributed by atoms with Gasteiger partial charge >= 0.3 is 5.69 Å². The summed E-state index contributed by atoms with van der Waals surface area (Å²) in [5, 5.41) is 18.4. The summed E-state index contributed by atoms with van der Waals surface area (Å²) in [5.74, 6) is 2.12. The van der Waals surface area contributed by atoms with Gasteiger partial charge in [0.15, 0.2) is 0 Å². The summed E-state index contributed by atoms with van der Waals surface area (Å²) in [5.41, 5.74) is -0.387. The van der Waals surface area contributed by atoms with Gasteiger partial charge in [0.2, 0.25) is 5.69 Å². The summed E-state index contributed by atoms with van der Waals surface area (Å²) >= 11 is 4.05. The molecule has 0 aliphatic heterocycles. The van der Waals surface area contributed by atoms with Gasteiger partial charge in [-0.3, -0.25) is 19.6 Å². The molecule has 4 aliphatic rings. The van der Waals surface area contributed by atoms with E-state index in [-0.39, 0.29) is 16.9 Å². The van der Waals surface area contributed by atoms with Crippen LogP contribution >= 0.6 is 12.6 Å². The molecule has 5 rings (SSSR count). The van der Waals surface area contributed by atoms with Crippen LogP contribution in [0.15, 0.2) is 6.20 Å². The van der Waals surface area contributed by atoms with Crippen LogP contribution in [0.25, 0.3) is 0 Å². The summed E-state index contributed by atoms with van der Waals surface area (Å²) in [6.45, 7) is 0.364. The summed E-state index contributed by atoms with van der Waals surface area (Å²) in [6.07, 6.45) is 8.47. The normalized spacial score (nSPS) is 33.6. The van der Waals surface area contributed by atoms with E-state index in [0.29, 0.717) is 30.1 Å². The molecule has 1 amide bonds. The molecule has 1 aromatic heterocycles. The molecule has 0 radical (unpaired) electrons. The van der Waals surface area contributed by atoms with Crippen molar-refractivity contribution in [2.24, 2.45) is 17.8 Å². The molecule has 8 heteroatoms. The van der Waals surface area contributed by atoms with Crippen LogP contribution in [-0.4, -0.2) is 32.9 Å². The Bertz CT molecular complexity index is 652. The lowest BCUT2D eigenvalue weighted by atomic mass is 9.53. The standard InChI is InChI=1S/C16H22N4O3S/c21-15(17-1-2-24)14-13(20(22)23)9-19(18-14)16-6-10-3-11(7-16)5-12(4-10)8-16/h9-12,24H,1-8H2,(H,17,21). The van der Waals surface area contributed by atoms with Crippen molar-refractivity contribution in [1.82, 2.24) is 15.1 Å². The number of hydrogen-bond donors (Lipinski definition) is 2. The topological polar surface area (TPSA) is 90.1 Å². The Kier molecular flexibility index (Phi) is 3.82. The number of carbonyl (C=O) groups excluding carboxylic acids is 1. The van der Waals surface area contributed by atoms with E-state index in [1.165, 1.54) is 25.5 Å². The first-order valence-corrected chi connectivity index (χ1v) is 9.27. The number of nitrogens with one attached hydrogen (secondary N) is 1. The van der Waals surface area contributed by atoms with Gasteiger partial charge in [-0.2, -0.15) is 17.7 Å². The molecule has 4 aliphatic carbocycles. The second kappa shape index (κ2) is 5.75. The van der Waals surface area contributed by atoms with Crippen molar-refractivity contribution < 1.29 is 9.72 Å². The number of nitrogens with zero attached hydrogens (tertiary/aromatic N) is 3. The van der Waals surface area contributed by atoms with Crippen molar-refractivity contribution in [3.8, 4) is 0 Å². The van der Waals surface area contributed by atoms with E-state index in [1.807, 2.05) is 0 Å². The van der Waals surface area contributed by atoms with Gasteiger partial charge in [0, 0.05) is 12.3 Å². The third kappa shape index (κ3) is 2.51. The summed E-state index contributed by atoms with van der Waals surface area (Å²) in [7, 11) is 0. The molecule has 0 aromatic carbocycles. The molecule has 0 atom stereocenters. The van der Waals surface area contributed by atoms with Gasteiger partial charge in [-0.15, -0.1) is 0 Å². The molecule has 4 fully saturated rings. The van der Waals surface area contributed by atoms with Gasteiger partial charge in [0.1, 0.15) is 6.20 Å². The minimum atomic E-state index is -0.500. The Balaban J connectivity index is 1.69. The summed E-state index contributed by atoms with van der Waals surface area (Å²) < 4.78 is 1.77. The van der Waals surface area contributed by atoms with E-state index < -0.39 is 10.8 Å². The van der Waals surface area contributed by atoms with Crippen molar-refractivity contribution in [3.63, 3.8) is 0 Å². The Labute approximate surface area is 145 Å². The van der Waals surface area contributed by atoms with Crippen LogP contribution < -0.4 is 5.32 Å². The van der Waals surface area contributed by atoms with E-state index in [4.69, 9.17) is 0 Å². The third-order valence-corrected chi connectivity index (χ3v) is 6.22. The molecular formula is C16H22N4O3S. The fourth-order valence-corrected chi connectivity index (χ4v) is 5.61. The molecular weight excluding hydrogens is 328 g/mol. The molecule has 0 unspecified atom stereocenters. The van der Waals surface area contributed by atoms with E-state index in [0.717, 1.165) is 19.3 Å². The van der Waals surface area contributed by atoms with Crippen LogP contribution in [0.2, 0.25) is 0 Å². The average Bonchev–Trinajstić information content (AvgIpc) is 2.97. The van der Waals surface area contributed by atoms with Gasteiger partial charge in [-0.25, -0.2) is 0 Å². The van der Waals surface area contributed by atoms with Gasteiger partial charge in [0.25, 0.3) is 5.91 Å². The molecule has 130 valence electrons. The number of thiol groups is 1. The zero-order chi connectivity index (χ0) is 16.9. The first-order chi connectivity index (χ1) is 11.5. The number of aromatic nitrogens is 2. The highest BCUT2D eigenvalue weighted by atomic mass is 32.1. The molecule has 1 N–H and O–H groups in total. The predicted octanol–water partition coefficient (Wildman–Crippen LogP) is 2.38. The third-order valence-electron chi connectivity index (χ3n) is 6.00. The smallest absolute Gasteiger partial charge is 0.320 e. The van der Waals surface area contributed by atoms with Crippen LogP contribution in [-0.2, 0) is 5.54 Å². The van der Waals surface area contributed by atoms with Crippen molar-refractivity contribution in [2.75, 3.05) is 12.3 Å². The van der Waals surface area contributed by atoms with E-state index in [1.54, 1.807) is 4.68 Å². The van der Waals surface area contributed by atoms with E-state index in [9.17, 15) is 14.9 Å². The van der Waals surface area contributed by atoms with E-state index in [2.05, 4.69) is 23.0 Å². The fraction of sp³-hybridized carbons (Fsp3) is 0.750. The van der Waals surface area contributed by atoms with Gasteiger partial charge in [-0.1, -0.05) is 0 Å². The first kappa shape index (κ1) is 15.9. The van der Waals surface area contributed by atoms with Gasteiger partial charge in [0.05, 0.1) is 10.5 Å². The maximum absolute atomic E-state index is 12.2. The average molecular weight is 350 g/mol. The monoisotopic (exact) mass is 350 g/mol. The van der Waals surface area contributed by atoms with Crippen LogP contribution in [0.4, 0.5) is 5.69 Å². The first-order valence-electron chi connectivity index (χ1n) is 8.64. The van der Waals surface area contributed by atoms with Gasteiger partial charge < -0.3 is 5.32 Å². The molecule has 7 nitrogen and oxygen atoms in total. The number of rotatable bonds is 5. The number of amides is 1. The highest BCUT2D eigenvalue weighted by Gasteiger charge is 2.53. The minimum absolute atomic E-state index is 0.0717. The second-order valence-electron chi connectivity index (χ2n) is 7.69. The van der Waals surface area contributed by atoms with Crippen molar-refractivity contribution in [2.45, 2.75) is 44.1 Å². The van der Waals surface area contributed by atoms with Crippen molar-refractivity contribution in [3.05, 3.63) is 22.0 Å². The number of carbonyl (C=O) groups is 1. The lowest BCUT2D eigenvalue weighted by Crippen LogP contribution is -2.52. The molecule has 1 aromatic rings. The molecule has 4 bridgehead atoms. The molecule has 0 saturated heterocycles. The summed E-state index contributed by atoms with van der Waals surface area (Å²) in [6, 6.07) is 0. The molecule has 24 heavy (non-hydrogen) atoms. The molecule has 0 spiro atoms. The molecule has 4 saturated carbocycles. The maximum Gasteiger partial charge on any atom is 0.320 e. The van der Waals surface area contributed by atoms with Crippen LogP contribution in [0.3, 0.4) is 0 Å². The lowest BCUT2D eigenvalue weighted by molar-refractivity contribution is -0.385. The number of nitro groups is 1. The SMILES string of the molecule is O=C(NCCS)c1nn(C23CC4CC(CC(C4)C2)C3)cc1[N+](=O)[O-]. The largest absolute Gasteiger partial charge is 0.350 e. The Morgan fingerprint density at radius 2 is 1.92 bits per heavy atom. The summed E-state index contributed by atoms with van der Waals surface area (Å²) in [4.78, 5) is 23.1. The second-order valence-corrected chi connectivity index (χ2v) is 8.13. The van der Waals surface area contributed by atoms with Gasteiger partial charge in [-0.05, 0) is 56.3 Å². The zero-order valence-corrected chi connectivity index (χ0v) is 14.4. The maximum atomic E-state index is 12.2. The van der Waals surface area contributed by atoms with Crippen LogP contribution in [0.5, 0.6) is 0 Å². The molecule has 1 heterocycles. The Morgan fingerprint density at radius 1 is 1.33 bits per heavy atom. The minimum Gasteiger partial charge on any atom is -0.350 e. The fourth-order valence-electron chi connectivity index (χ4n) is 5.50. The van der Waals surface area contributed by atoms with Crippen LogP contribution in [0.1, 0.15) is 49.0 Å². The van der Waals surface area contributed by atoms with Crippen molar-refractivity contribution in [1.29, 1.82) is 0 Å². The highest BCUT2D eigenvalue weighted by molar-refractivity contribution is 7.80. The highest BCUT2D eigenvalue weighted by Crippen LogP contribution is 2.58. The lowest BCUT2D eigenvalue weighted by Gasteiger charge is -2.56. The Hall–Kier alpha value is -1.57. The van der Waals surface area contributed by atoms with Crippen LogP contribution in [0, 0.1) is 27.9 Å². The van der Waals surface area contributed by atoms with Crippen molar-refractivity contribution >= 4 is 24.2 Å². The number of hydrogen-bond acceptors (Lipinski definition) is 5.